The molecule has 0 amide bonds. The largest absolute Gasteiger partial charge is 0.298 e. The van der Waals surface area contributed by atoms with Gasteiger partial charge in [0.2, 0.25) is 0 Å². The molecule has 0 aliphatic rings. The molecule has 2 aromatic carbocycles. The minimum atomic E-state index is 0.138. The molecule has 0 atom stereocenters. The maximum Gasteiger partial charge on any atom is 0.147 e. The summed E-state index contributed by atoms with van der Waals surface area (Å²) in [5.74, 6) is 0.548. The van der Waals surface area contributed by atoms with E-state index in [2.05, 4.69) is 15.9 Å². The lowest BCUT2D eigenvalue weighted by Gasteiger charge is -2.05. The summed E-state index contributed by atoms with van der Waals surface area (Å²) in [5.41, 5.74) is 0.853. The van der Waals surface area contributed by atoms with Crippen LogP contribution in [-0.4, -0.2) is 11.5 Å². The molecule has 0 aromatic heterocycles. The lowest BCUT2D eigenvalue weighted by molar-refractivity contribution is -0.116. The van der Waals surface area contributed by atoms with Crippen LogP contribution >= 0.6 is 50.9 Å². The molecule has 0 spiro atoms. The van der Waals surface area contributed by atoms with E-state index < -0.39 is 0 Å². The first kappa shape index (κ1) is 15.9. The summed E-state index contributed by atoms with van der Waals surface area (Å²) >= 11 is 16.8. The Kier molecular flexibility index (Phi) is 5.97. The zero-order chi connectivity index (χ0) is 14.5. The first-order valence-corrected chi connectivity index (χ1v) is 8.42. The molecular weight excluding hydrogens is 379 g/mol. The van der Waals surface area contributed by atoms with Gasteiger partial charge in [-0.05, 0) is 35.9 Å². The number of Topliss-reactive ketones (excluding diaryl/α,β-unsaturated/α-hetero) is 1. The number of rotatable bonds is 5. The molecule has 0 radical (unpaired) electrons. The molecule has 2 aromatic rings. The highest BCUT2D eigenvalue weighted by Crippen LogP contribution is 2.24. The van der Waals surface area contributed by atoms with Crippen molar-refractivity contribution in [3.63, 3.8) is 0 Å². The van der Waals surface area contributed by atoms with Crippen LogP contribution in [0.5, 0.6) is 0 Å². The topological polar surface area (TPSA) is 17.1 Å². The quantitative estimate of drug-likeness (QED) is 0.613. The molecule has 2 rings (SSSR count). The lowest BCUT2D eigenvalue weighted by atomic mass is 10.1. The van der Waals surface area contributed by atoms with Crippen molar-refractivity contribution < 1.29 is 4.79 Å². The second-order valence-electron chi connectivity index (χ2n) is 4.20. The van der Waals surface area contributed by atoms with Crippen molar-refractivity contribution in [2.45, 2.75) is 11.3 Å². The fraction of sp³-hybridized carbons (Fsp3) is 0.133. The van der Waals surface area contributed by atoms with Crippen molar-refractivity contribution in [3.8, 4) is 0 Å². The van der Waals surface area contributed by atoms with E-state index in [-0.39, 0.29) is 5.78 Å². The molecule has 0 unspecified atom stereocenters. The van der Waals surface area contributed by atoms with Crippen LogP contribution in [0.1, 0.15) is 5.56 Å². The van der Waals surface area contributed by atoms with E-state index in [0.717, 1.165) is 14.9 Å². The van der Waals surface area contributed by atoms with Crippen LogP contribution in [0, 0.1) is 0 Å². The van der Waals surface area contributed by atoms with E-state index in [9.17, 15) is 4.79 Å². The van der Waals surface area contributed by atoms with Gasteiger partial charge in [0.05, 0.1) is 5.75 Å². The number of halogens is 3. The highest BCUT2D eigenvalue weighted by molar-refractivity contribution is 9.10. The number of carbonyl (C=O) groups excluding carboxylic acids is 1. The van der Waals surface area contributed by atoms with Crippen molar-refractivity contribution >= 4 is 56.7 Å². The summed E-state index contributed by atoms with van der Waals surface area (Å²) < 4.78 is 0.909. The molecule has 0 saturated carbocycles. The van der Waals surface area contributed by atoms with Gasteiger partial charge in [0, 0.05) is 25.8 Å². The highest BCUT2D eigenvalue weighted by atomic mass is 79.9. The number of benzene rings is 2. The smallest absolute Gasteiger partial charge is 0.147 e. The molecule has 5 heteroatoms. The minimum Gasteiger partial charge on any atom is -0.298 e. The van der Waals surface area contributed by atoms with E-state index in [1.54, 1.807) is 6.07 Å². The van der Waals surface area contributed by atoms with Gasteiger partial charge in [-0.1, -0.05) is 51.3 Å². The molecule has 0 aliphatic carbocycles. The fourth-order valence-electron chi connectivity index (χ4n) is 1.65. The van der Waals surface area contributed by atoms with Gasteiger partial charge >= 0.3 is 0 Å². The lowest BCUT2D eigenvalue weighted by Crippen LogP contribution is -2.06. The van der Waals surface area contributed by atoms with Crippen LogP contribution in [0.3, 0.4) is 0 Å². The monoisotopic (exact) mass is 388 g/mol. The third kappa shape index (κ3) is 4.81. The predicted molar refractivity (Wildman–Crippen MR) is 90.0 cm³/mol. The van der Waals surface area contributed by atoms with Crippen LogP contribution in [0.25, 0.3) is 0 Å². The maximum atomic E-state index is 12.0. The van der Waals surface area contributed by atoms with Gasteiger partial charge in [0.15, 0.2) is 0 Å². The van der Waals surface area contributed by atoms with E-state index >= 15 is 0 Å². The average molecular weight is 390 g/mol. The fourth-order valence-corrected chi connectivity index (χ4v) is 3.46. The van der Waals surface area contributed by atoms with E-state index in [0.29, 0.717) is 22.2 Å². The van der Waals surface area contributed by atoms with E-state index in [1.807, 2.05) is 36.4 Å². The molecule has 0 heterocycles. The van der Waals surface area contributed by atoms with Crippen LogP contribution < -0.4 is 0 Å². The number of carbonyl (C=O) groups is 1. The summed E-state index contributed by atoms with van der Waals surface area (Å²) in [6, 6.07) is 13.0. The first-order chi connectivity index (χ1) is 9.54. The van der Waals surface area contributed by atoms with Crippen molar-refractivity contribution in [1.82, 2.24) is 0 Å². The Hall–Kier alpha value is -0.480. The van der Waals surface area contributed by atoms with Gasteiger partial charge in [-0.2, -0.15) is 0 Å². The van der Waals surface area contributed by atoms with Gasteiger partial charge in [0.1, 0.15) is 5.78 Å². The van der Waals surface area contributed by atoms with Gasteiger partial charge in [-0.25, -0.2) is 0 Å². The third-order valence-corrected chi connectivity index (χ3v) is 4.73. The Morgan fingerprint density at radius 2 is 1.95 bits per heavy atom. The molecule has 20 heavy (non-hydrogen) atoms. The molecule has 0 bridgehead atoms. The molecule has 104 valence electrons. The summed E-state index contributed by atoms with van der Waals surface area (Å²) in [5, 5.41) is 1.29. The number of hydrogen-bond donors (Lipinski definition) is 0. The number of ketones is 1. The van der Waals surface area contributed by atoms with Crippen molar-refractivity contribution in [2.24, 2.45) is 0 Å². The molecule has 0 N–H and O–H groups in total. The van der Waals surface area contributed by atoms with Gasteiger partial charge in [-0.15, -0.1) is 11.8 Å². The average Bonchev–Trinajstić information content (AvgIpc) is 2.40. The van der Waals surface area contributed by atoms with Crippen molar-refractivity contribution in [1.29, 1.82) is 0 Å². The maximum absolute atomic E-state index is 12.0. The second-order valence-corrected chi connectivity index (χ2v) is 7.01. The second kappa shape index (κ2) is 7.51. The number of thioether (sulfide) groups is 1. The molecule has 1 nitrogen and oxygen atoms in total. The Bertz CT molecular complexity index is 631. The number of hydrogen-bond acceptors (Lipinski definition) is 2. The zero-order valence-corrected chi connectivity index (χ0v) is 14.3. The van der Waals surface area contributed by atoms with Crippen LogP contribution in [0.4, 0.5) is 0 Å². The zero-order valence-electron chi connectivity index (χ0n) is 10.4. The summed E-state index contributed by atoms with van der Waals surface area (Å²) in [6.07, 6.45) is 0.347. The van der Waals surface area contributed by atoms with Gasteiger partial charge in [-0.3, -0.25) is 4.79 Å². The van der Waals surface area contributed by atoms with Crippen LogP contribution in [0.15, 0.2) is 51.8 Å². The summed E-state index contributed by atoms with van der Waals surface area (Å²) in [4.78, 5) is 13.0. The Morgan fingerprint density at radius 1 is 1.15 bits per heavy atom. The molecule has 0 aliphatic heterocycles. The normalized spacial score (nSPS) is 10.6. The van der Waals surface area contributed by atoms with E-state index in [1.165, 1.54) is 11.8 Å². The first-order valence-electron chi connectivity index (χ1n) is 5.88. The third-order valence-electron chi connectivity index (χ3n) is 2.60. The van der Waals surface area contributed by atoms with Crippen molar-refractivity contribution in [2.75, 3.05) is 5.75 Å². The van der Waals surface area contributed by atoms with Crippen molar-refractivity contribution in [3.05, 3.63) is 62.5 Å². The SMILES string of the molecule is O=C(CSc1cccc(Cl)c1)Cc1ccc(Br)cc1Cl. The summed E-state index contributed by atoms with van der Waals surface area (Å²) in [7, 11) is 0. The van der Waals surface area contributed by atoms with Gasteiger partial charge in [0.25, 0.3) is 0 Å². The Labute approximate surface area is 140 Å². The molecular formula is C15H11BrCl2OS. The summed E-state index contributed by atoms with van der Waals surface area (Å²) in [6.45, 7) is 0. The Balaban J connectivity index is 1.92. The molecule has 0 saturated heterocycles. The van der Waals surface area contributed by atoms with Gasteiger partial charge < -0.3 is 0 Å². The molecule has 0 fully saturated rings. The highest BCUT2D eigenvalue weighted by Gasteiger charge is 2.08. The standard InChI is InChI=1S/C15H11BrCl2OS/c16-11-5-4-10(15(18)7-11)6-13(19)9-20-14-3-1-2-12(17)8-14/h1-5,7-8H,6,9H2. The van der Waals surface area contributed by atoms with E-state index in [4.69, 9.17) is 23.2 Å². The van der Waals surface area contributed by atoms with Crippen LogP contribution in [-0.2, 0) is 11.2 Å². The predicted octanol–water partition coefficient (Wildman–Crippen LogP) is 5.66. The Morgan fingerprint density at radius 3 is 2.65 bits per heavy atom. The van der Waals surface area contributed by atoms with Crippen LogP contribution in [0.2, 0.25) is 10.0 Å². The minimum absolute atomic E-state index is 0.138.